The molecule has 0 saturated carbocycles. The second-order valence-corrected chi connectivity index (χ2v) is 5.38. The smallest absolute Gasteiger partial charge is 0.270 e. The van der Waals surface area contributed by atoms with Gasteiger partial charge in [0.25, 0.3) is 11.8 Å². The van der Waals surface area contributed by atoms with E-state index in [0.717, 1.165) is 3.57 Å². The molecule has 1 rings (SSSR count). The average Bonchev–Trinajstić information content (AvgIpc) is 2.36. The summed E-state index contributed by atoms with van der Waals surface area (Å²) in [5, 5.41) is 0. The molecule has 0 radical (unpaired) electrons. The van der Waals surface area contributed by atoms with Crippen LogP contribution < -0.4 is 10.9 Å². The summed E-state index contributed by atoms with van der Waals surface area (Å²) in [6, 6.07) is 7.00. The highest BCUT2D eigenvalue weighted by atomic mass is 127. The van der Waals surface area contributed by atoms with Gasteiger partial charge >= 0.3 is 0 Å². The van der Waals surface area contributed by atoms with Crippen LogP contribution in [0.25, 0.3) is 0 Å². The van der Waals surface area contributed by atoms with Gasteiger partial charge < -0.3 is 4.74 Å². The van der Waals surface area contributed by atoms with E-state index in [1.807, 2.05) is 12.1 Å². The Bertz CT molecular complexity index is 443. The van der Waals surface area contributed by atoms with Crippen LogP contribution in [0.2, 0.25) is 0 Å². The maximum Gasteiger partial charge on any atom is 0.270 e. The van der Waals surface area contributed by atoms with Crippen molar-refractivity contribution in [2.75, 3.05) is 7.11 Å². The minimum absolute atomic E-state index is 0.369. The first-order chi connectivity index (χ1) is 8.36. The van der Waals surface area contributed by atoms with Gasteiger partial charge in [-0.3, -0.25) is 20.4 Å². The van der Waals surface area contributed by atoms with Crippen molar-refractivity contribution in [2.45, 2.75) is 19.4 Å². The minimum Gasteiger partial charge on any atom is -0.369 e. The number of hydrogen-bond donors (Lipinski definition) is 2. The molecule has 0 aliphatic rings. The zero-order valence-corrected chi connectivity index (χ0v) is 12.6. The van der Waals surface area contributed by atoms with Gasteiger partial charge in [0, 0.05) is 16.2 Å². The number of hydrogen-bond acceptors (Lipinski definition) is 3. The summed E-state index contributed by atoms with van der Waals surface area (Å²) < 4.78 is 6.02. The van der Waals surface area contributed by atoms with Crippen molar-refractivity contribution in [3.63, 3.8) is 0 Å². The lowest BCUT2D eigenvalue weighted by Gasteiger charge is -2.21. The number of benzene rings is 1. The highest BCUT2D eigenvalue weighted by Crippen LogP contribution is 2.07. The van der Waals surface area contributed by atoms with E-state index in [1.54, 1.807) is 26.0 Å². The van der Waals surface area contributed by atoms with Crippen LogP contribution in [0.3, 0.4) is 0 Å². The van der Waals surface area contributed by atoms with Gasteiger partial charge in [-0.15, -0.1) is 0 Å². The maximum absolute atomic E-state index is 11.7. The lowest BCUT2D eigenvalue weighted by Crippen LogP contribution is -2.51. The molecule has 18 heavy (non-hydrogen) atoms. The molecule has 1 aromatic rings. The maximum atomic E-state index is 11.7. The van der Waals surface area contributed by atoms with Gasteiger partial charge in [-0.2, -0.15) is 0 Å². The molecule has 0 atom stereocenters. The molecule has 2 amide bonds. The number of carbonyl (C=O) groups is 2. The second kappa shape index (κ2) is 6.14. The monoisotopic (exact) mass is 362 g/mol. The van der Waals surface area contributed by atoms with E-state index in [-0.39, 0.29) is 5.91 Å². The Morgan fingerprint density at radius 1 is 1.17 bits per heavy atom. The summed E-state index contributed by atoms with van der Waals surface area (Å²) >= 11 is 2.15. The molecule has 0 unspecified atom stereocenters. The Balaban J connectivity index is 2.57. The molecule has 0 fully saturated rings. The second-order valence-electron chi connectivity index (χ2n) is 4.13. The first-order valence-corrected chi connectivity index (χ1v) is 6.36. The summed E-state index contributed by atoms with van der Waals surface area (Å²) in [5.41, 5.74) is 4.15. The molecule has 0 aliphatic heterocycles. The molecule has 0 aromatic heterocycles. The number of nitrogens with one attached hydrogen (secondary N) is 2. The van der Waals surface area contributed by atoms with E-state index in [2.05, 4.69) is 33.4 Å². The van der Waals surface area contributed by atoms with Gasteiger partial charge in [-0.25, -0.2) is 0 Å². The van der Waals surface area contributed by atoms with E-state index in [4.69, 9.17) is 4.74 Å². The molecule has 0 spiro atoms. The van der Waals surface area contributed by atoms with Gasteiger partial charge in [0.1, 0.15) is 5.60 Å². The van der Waals surface area contributed by atoms with Crippen molar-refractivity contribution < 1.29 is 14.3 Å². The molecule has 5 nitrogen and oxygen atoms in total. The van der Waals surface area contributed by atoms with Gasteiger partial charge in [0.2, 0.25) is 0 Å². The fraction of sp³-hybridized carbons (Fsp3) is 0.333. The third-order valence-electron chi connectivity index (χ3n) is 2.45. The summed E-state index contributed by atoms with van der Waals surface area (Å²) in [6.07, 6.45) is 0. The van der Waals surface area contributed by atoms with E-state index in [9.17, 15) is 9.59 Å². The van der Waals surface area contributed by atoms with Gasteiger partial charge in [0.15, 0.2) is 0 Å². The minimum atomic E-state index is -0.987. The molecule has 0 bridgehead atoms. The van der Waals surface area contributed by atoms with Crippen molar-refractivity contribution in [3.8, 4) is 0 Å². The Labute approximate surface area is 119 Å². The van der Waals surface area contributed by atoms with Gasteiger partial charge in [-0.05, 0) is 60.7 Å². The fourth-order valence-corrected chi connectivity index (χ4v) is 1.39. The third kappa shape index (κ3) is 3.95. The highest BCUT2D eigenvalue weighted by molar-refractivity contribution is 14.1. The number of carbonyl (C=O) groups excluding carboxylic acids is 2. The molecule has 0 aliphatic carbocycles. The van der Waals surface area contributed by atoms with Crippen molar-refractivity contribution in [3.05, 3.63) is 33.4 Å². The van der Waals surface area contributed by atoms with Crippen molar-refractivity contribution >= 4 is 34.4 Å². The Hall–Kier alpha value is -1.15. The first-order valence-electron chi connectivity index (χ1n) is 5.28. The van der Waals surface area contributed by atoms with Crippen LogP contribution in [-0.4, -0.2) is 24.5 Å². The normalized spacial score (nSPS) is 10.9. The summed E-state index contributed by atoms with van der Waals surface area (Å²) in [4.78, 5) is 23.3. The number of hydrazine groups is 1. The van der Waals surface area contributed by atoms with E-state index in [1.165, 1.54) is 7.11 Å². The van der Waals surface area contributed by atoms with Gasteiger partial charge in [-0.1, -0.05) is 0 Å². The lowest BCUT2D eigenvalue weighted by atomic mass is 10.1. The van der Waals surface area contributed by atoms with E-state index < -0.39 is 11.5 Å². The van der Waals surface area contributed by atoms with Crippen LogP contribution in [0.15, 0.2) is 24.3 Å². The van der Waals surface area contributed by atoms with Gasteiger partial charge in [0.05, 0.1) is 0 Å². The van der Waals surface area contributed by atoms with Crippen LogP contribution in [0.4, 0.5) is 0 Å². The summed E-state index contributed by atoms with van der Waals surface area (Å²) in [7, 11) is 1.43. The number of ether oxygens (including phenoxy) is 1. The lowest BCUT2D eigenvalue weighted by molar-refractivity contribution is -0.140. The zero-order chi connectivity index (χ0) is 13.8. The predicted octanol–water partition coefficient (Wildman–Crippen LogP) is 1.48. The molecule has 0 saturated heterocycles. The van der Waals surface area contributed by atoms with Crippen molar-refractivity contribution in [2.24, 2.45) is 0 Å². The molecule has 0 heterocycles. The summed E-state index contributed by atoms with van der Waals surface area (Å²) in [5.74, 6) is -0.782. The van der Waals surface area contributed by atoms with E-state index >= 15 is 0 Å². The van der Waals surface area contributed by atoms with Crippen LogP contribution >= 0.6 is 22.6 Å². The van der Waals surface area contributed by atoms with Crippen LogP contribution in [0.5, 0.6) is 0 Å². The van der Waals surface area contributed by atoms with Crippen LogP contribution in [0.1, 0.15) is 24.2 Å². The van der Waals surface area contributed by atoms with E-state index in [0.29, 0.717) is 5.56 Å². The largest absolute Gasteiger partial charge is 0.369 e. The molecule has 1 aromatic carbocycles. The van der Waals surface area contributed by atoms with Crippen LogP contribution in [0, 0.1) is 3.57 Å². The zero-order valence-electron chi connectivity index (χ0n) is 10.4. The third-order valence-corrected chi connectivity index (χ3v) is 3.17. The topological polar surface area (TPSA) is 67.4 Å². The first kappa shape index (κ1) is 14.9. The quantitative estimate of drug-likeness (QED) is 0.632. The Morgan fingerprint density at radius 3 is 2.22 bits per heavy atom. The Morgan fingerprint density at radius 2 is 1.72 bits per heavy atom. The fourth-order valence-electron chi connectivity index (χ4n) is 1.03. The number of halogens is 1. The standard InChI is InChI=1S/C12H15IN2O3/c1-12(2,18-3)11(17)15-14-10(16)8-4-6-9(13)7-5-8/h4-7H,1-3H3,(H,14,16)(H,15,17). The molecular weight excluding hydrogens is 347 g/mol. The van der Waals surface area contributed by atoms with Crippen molar-refractivity contribution in [1.82, 2.24) is 10.9 Å². The number of amides is 2. The average molecular weight is 362 g/mol. The Kier molecular flexibility index (Phi) is 5.09. The molecule has 6 heteroatoms. The SMILES string of the molecule is COC(C)(C)C(=O)NNC(=O)c1ccc(I)cc1. The molecule has 98 valence electrons. The number of rotatable bonds is 3. The summed E-state index contributed by atoms with van der Waals surface area (Å²) in [6.45, 7) is 3.22. The molecular formula is C12H15IN2O3. The highest BCUT2D eigenvalue weighted by Gasteiger charge is 2.27. The number of methoxy groups -OCH3 is 1. The predicted molar refractivity (Wildman–Crippen MR) is 75.9 cm³/mol. The molecule has 2 N–H and O–H groups in total. The van der Waals surface area contributed by atoms with Crippen LogP contribution in [-0.2, 0) is 9.53 Å². The van der Waals surface area contributed by atoms with Crippen molar-refractivity contribution in [1.29, 1.82) is 0 Å².